The van der Waals surface area contributed by atoms with E-state index in [0.717, 1.165) is 48.9 Å². The van der Waals surface area contributed by atoms with Gasteiger partial charge in [0.15, 0.2) is 5.88 Å². The lowest BCUT2D eigenvalue weighted by Gasteiger charge is -2.33. The van der Waals surface area contributed by atoms with Gasteiger partial charge in [-0.2, -0.15) is 0 Å². The molecule has 1 aromatic heterocycles. The molecule has 3 aliphatic rings. The summed E-state index contributed by atoms with van der Waals surface area (Å²) in [4.78, 5) is 15.5. The lowest BCUT2D eigenvalue weighted by Crippen LogP contribution is -2.39. The van der Waals surface area contributed by atoms with Crippen molar-refractivity contribution in [1.82, 2.24) is 14.8 Å². The quantitative estimate of drug-likeness (QED) is 0.679. The maximum atomic E-state index is 12.8. The van der Waals surface area contributed by atoms with E-state index in [4.69, 9.17) is 4.74 Å². The molecule has 32 heavy (non-hydrogen) atoms. The van der Waals surface area contributed by atoms with Crippen LogP contribution in [0.1, 0.15) is 63.4 Å². The predicted molar refractivity (Wildman–Crippen MR) is 129 cm³/mol. The molecule has 5 heteroatoms. The van der Waals surface area contributed by atoms with Gasteiger partial charge >= 0.3 is 0 Å². The van der Waals surface area contributed by atoms with Crippen LogP contribution in [0, 0.1) is 11.8 Å². The third kappa shape index (κ3) is 4.98. The normalized spacial score (nSPS) is 20.8. The number of para-hydroxylation sites is 1. The van der Waals surface area contributed by atoms with Crippen molar-refractivity contribution < 1.29 is 9.53 Å². The zero-order valence-corrected chi connectivity index (χ0v) is 19.5. The SMILES string of the molecule is O=C(Cc1c2n(c3ccccc13)CCCO2)NCC1CCN(CCC2CCCCC2)CC1. The molecule has 1 amide bonds. The van der Waals surface area contributed by atoms with E-state index in [1.165, 1.54) is 76.5 Å². The first-order chi connectivity index (χ1) is 15.8. The summed E-state index contributed by atoms with van der Waals surface area (Å²) in [5.74, 6) is 2.61. The van der Waals surface area contributed by atoms with Crippen LogP contribution in [0.5, 0.6) is 5.88 Å². The predicted octanol–water partition coefficient (Wildman–Crippen LogP) is 4.76. The number of hydrogen-bond acceptors (Lipinski definition) is 3. The molecule has 1 N–H and O–H groups in total. The molecule has 0 radical (unpaired) electrons. The number of aromatic nitrogens is 1. The van der Waals surface area contributed by atoms with Crippen molar-refractivity contribution in [1.29, 1.82) is 0 Å². The average molecular weight is 438 g/mol. The summed E-state index contributed by atoms with van der Waals surface area (Å²) in [5, 5.41) is 4.40. The lowest BCUT2D eigenvalue weighted by molar-refractivity contribution is -0.120. The van der Waals surface area contributed by atoms with Gasteiger partial charge in [-0.25, -0.2) is 0 Å². The van der Waals surface area contributed by atoms with Gasteiger partial charge in [0.25, 0.3) is 0 Å². The number of amides is 1. The van der Waals surface area contributed by atoms with Crippen molar-refractivity contribution in [3.63, 3.8) is 0 Å². The van der Waals surface area contributed by atoms with E-state index < -0.39 is 0 Å². The number of benzene rings is 1. The molecule has 2 aliphatic heterocycles. The Morgan fingerprint density at radius 3 is 2.62 bits per heavy atom. The van der Waals surface area contributed by atoms with Crippen molar-refractivity contribution in [3.8, 4) is 5.88 Å². The first kappa shape index (κ1) is 21.8. The number of hydrogen-bond donors (Lipinski definition) is 1. The summed E-state index contributed by atoms with van der Waals surface area (Å²) < 4.78 is 8.23. The number of rotatable bonds is 7. The second-order valence-electron chi connectivity index (χ2n) is 10.2. The third-order valence-corrected chi connectivity index (χ3v) is 8.00. The molecule has 1 aromatic carbocycles. The van der Waals surface area contributed by atoms with E-state index in [9.17, 15) is 4.79 Å². The number of ether oxygens (including phenoxy) is 1. The molecule has 0 unspecified atom stereocenters. The molecule has 5 nitrogen and oxygen atoms in total. The molecule has 5 rings (SSSR count). The average Bonchev–Trinajstić information content (AvgIpc) is 3.16. The highest BCUT2D eigenvalue weighted by Crippen LogP contribution is 2.35. The second kappa shape index (κ2) is 10.3. The van der Waals surface area contributed by atoms with E-state index in [0.29, 0.717) is 12.3 Å². The van der Waals surface area contributed by atoms with E-state index in [2.05, 4.69) is 39.0 Å². The maximum absolute atomic E-state index is 12.8. The van der Waals surface area contributed by atoms with Gasteiger partial charge in [0.1, 0.15) is 0 Å². The summed E-state index contributed by atoms with van der Waals surface area (Å²) in [7, 11) is 0. The molecule has 2 fully saturated rings. The van der Waals surface area contributed by atoms with Crippen LogP contribution in [0.4, 0.5) is 0 Å². The van der Waals surface area contributed by atoms with Gasteiger partial charge in [-0.15, -0.1) is 0 Å². The van der Waals surface area contributed by atoms with E-state index in [1.807, 2.05) is 0 Å². The molecule has 174 valence electrons. The van der Waals surface area contributed by atoms with Crippen LogP contribution in [-0.4, -0.2) is 48.2 Å². The van der Waals surface area contributed by atoms with Crippen LogP contribution < -0.4 is 10.1 Å². The van der Waals surface area contributed by atoms with Gasteiger partial charge in [0, 0.05) is 24.0 Å². The molecule has 1 aliphatic carbocycles. The Morgan fingerprint density at radius 2 is 1.78 bits per heavy atom. The highest BCUT2D eigenvalue weighted by Gasteiger charge is 2.24. The minimum Gasteiger partial charge on any atom is -0.479 e. The Hall–Kier alpha value is -2.01. The number of nitrogens with one attached hydrogen (secondary N) is 1. The van der Waals surface area contributed by atoms with Crippen molar-refractivity contribution in [2.24, 2.45) is 11.8 Å². The second-order valence-corrected chi connectivity index (χ2v) is 10.2. The van der Waals surface area contributed by atoms with Gasteiger partial charge in [0.2, 0.25) is 5.91 Å². The zero-order chi connectivity index (χ0) is 21.8. The van der Waals surface area contributed by atoms with Gasteiger partial charge in [-0.1, -0.05) is 50.3 Å². The number of carbonyl (C=O) groups is 1. The Bertz CT molecular complexity index is 907. The number of piperidine rings is 1. The molecule has 3 heterocycles. The number of fused-ring (bicyclic) bond motifs is 3. The Balaban J connectivity index is 1.09. The minimum atomic E-state index is 0.123. The summed E-state index contributed by atoms with van der Waals surface area (Å²) in [5.41, 5.74) is 2.24. The van der Waals surface area contributed by atoms with Gasteiger partial charge < -0.3 is 19.5 Å². The fourth-order valence-corrected chi connectivity index (χ4v) is 6.04. The molecule has 0 atom stereocenters. The highest BCUT2D eigenvalue weighted by atomic mass is 16.5. The topological polar surface area (TPSA) is 46.5 Å². The van der Waals surface area contributed by atoms with Crippen LogP contribution >= 0.6 is 0 Å². The molecular weight excluding hydrogens is 398 g/mol. The molecule has 0 spiro atoms. The minimum absolute atomic E-state index is 0.123. The van der Waals surface area contributed by atoms with Crippen LogP contribution in [0.15, 0.2) is 24.3 Å². The zero-order valence-electron chi connectivity index (χ0n) is 19.5. The van der Waals surface area contributed by atoms with E-state index in [-0.39, 0.29) is 5.91 Å². The summed E-state index contributed by atoms with van der Waals surface area (Å²) in [6.45, 7) is 6.18. The number of aryl methyl sites for hydroxylation is 1. The summed E-state index contributed by atoms with van der Waals surface area (Å²) in [6, 6.07) is 8.38. The third-order valence-electron chi connectivity index (χ3n) is 8.00. The van der Waals surface area contributed by atoms with Crippen molar-refractivity contribution >= 4 is 16.8 Å². The first-order valence-corrected chi connectivity index (χ1v) is 13.0. The summed E-state index contributed by atoms with van der Waals surface area (Å²) in [6.07, 6.45) is 12.5. The van der Waals surface area contributed by atoms with Gasteiger partial charge in [-0.3, -0.25) is 4.79 Å². The van der Waals surface area contributed by atoms with Crippen LogP contribution in [-0.2, 0) is 17.8 Å². The fraction of sp³-hybridized carbons (Fsp3) is 0.667. The largest absolute Gasteiger partial charge is 0.479 e. The van der Waals surface area contributed by atoms with Crippen LogP contribution in [0.2, 0.25) is 0 Å². The molecule has 0 bridgehead atoms. The van der Waals surface area contributed by atoms with E-state index >= 15 is 0 Å². The van der Waals surface area contributed by atoms with Crippen molar-refractivity contribution in [3.05, 3.63) is 29.8 Å². The van der Waals surface area contributed by atoms with Crippen molar-refractivity contribution in [2.75, 3.05) is 32.8 Å². The van der Waals surface area contributed by atoms with Crippen LogP contribution in [0.25, 0.3) is 10.9 Å². The first-order valence-electron chi connectivity index (χ1n) is 13.0. The standard InChI is InChI=1S/C27H39N3O2/c31-26(19-24-23-9-4-5-10-25(23)30-14-6-18-32-27(24)30)28-20-22-12-16-29(17-13-22)15-11-21-7-2-1-3-8-21/h4-5,9-10,21-22H,1-3,6-8,11-20H2,(H,28,31). The number of likely N-dealkylation sites (tertiary alicyclic amines) is 1. The molecule has 2 aromatic rings. The van der Waals surface area contributed by atoms with Crippen LogP contribution in [0.3, 0.4) is 0 Å². The highest BCUT2D eigenvalue weighted by molar-refractivity contribution is 5.92. The number of carbonyl (C=O) groups excluding carboxylic acids is 1. The Kier molecular flexibility index (Phi) is 7.01. The lowest BCUT2D eigenvalue weighted by atomic mass is 9.86. The Labute approximate surface area is 192 Å². The monoisotopic (exact) mass is 437 g/mol. The Morgan fingerprint density at radius 1 is 0.969 bits per heavy atom. The fourth-order valence-electron chi connectivity index (χ4n) is 6.04. The molecular formula is C27H39N3O2. The van der Waals surface area contributed by atoms with Gasteiger partial charge in [-0.05, 0) is 63.2 Å². The maximum Gasteiger partial charge on any atom is 0.224 e. The summed E-state index contributed by atoms with van der Waals surface area (Å²) >= 11 is 0. The van der Waals surface area contributed by atoms with Gasteiger partial charge in [0.05, 0.1) is 18.5 Å². The van der Waals surface area contributed by atoms with Crippen molar-refractivity contribution in [2.45, 2.75) is 70.8 Å². The number of nitrogens with zero attached hydrogens (tertiary/aromatic N) is 2. The smallest absolute Gasteiger partial charge is 0.224 e. The van der Waals surface area contributed by atoms with E-state index in [1.54, 1.807) is 0 Å². The molecule has 1 saturated heterocycles. The molecule has 1 saturated carbocycles.